The number of hydrogen-bond acceptors (Lipinski definition) is 5. The van der Waals surface area contributed by atoms with E-state index in [2.05, 4.69) is 10.3 Å². The van der Waals surface area contributed by atoms with E-state index in [0.717, 1.165) is 0 Å². The van der Waals surface area contributed by atoms with Gasteiger partial charge in [0.25, 0.3) is 5.91 Å². The summed E-state index contributed by atoms with van der Waals surface area (Å²) in [6.07, 6.45) is -0.191. The van der Waals surface area contributed by atoms with Crippen molar-refractivity contribution in [3.05, 3.63) is 24.0 Å². The van der Waals surface area contributed by atoms with Gasteiger partial charge in [-0.3, -0.25) is 4.79 Å². The molecule has 0 saturated carbocycles. The molecule has 1 unspecified atom stereocenters. The Hall–Kier alpha value is -2.35. The number of carbonyl (C=O) groups is 2. The van der Waals surface area contributed by atoms with Gasteiger partial charge in [0.15, 0.2) is 0 Å². The molecule has 1 aromatic rings. The van der Waals surface area contributed by atoms with E-state index in [4.69, 9.17) is 14.9 Å². The maximum absolute atomic E-state index is 11.8. The molecule has 0 bridgehead atoms. The minimum Gasteiger partial charge on any atom is -0.506 e. The average Bonchev–Trinajstić information content (AvgIpc) is 2.46. The summed E-state index contributed by atoms with van der Waals surface area (Å²) in [5.74, 6) is -0.421. The molecule has 0 aromatic carbocycles. The van der Waals surface area contributed by atoms with Gasteiger partial charge in [-0.25, -0.2) is 9.78 Å². The van der Waals surface area contributed by atoms with Crippen molar-refractivity contribution in [3.8, 4) is 5.75 Å². The zero-order valence-corrected chi connectivity index (χ0v) is 10.7. The highest BCUT2D eigenvalue weighted by Crippen LogP contribution is 2.07. The Morgan fingerprint density at radius 1 is 1.50 bits per heavy atom. The molecule has 1 aromatic heterocycles. The summed E-state index contributed by atoms with van der Waals surface area (Å²) < 4.78 is 5.38. The highest BCUT2D eigenvalue weighted by Gasteiger charge is 2.24. The third-order valence-corrected chi connectivity index (χ3v) is 2.88. The fraction of sp³-hybridized carbons (Fsp3) is 0.417. The zero-order valence-electron chi connectivity index (χ0n) is 10.7. The number of aromatic hydroxyl groups is 1. The fourth-order valence-corrected chi connectivity index (χ4v) is 1.83. The molecule has 1 atom stereocenters. The van der Waals surface area contributed by atoms with Gasteiger partial charge in [0.1, 0.15) is 11.4 Å². The van der Waals surface area contributed by atoms with E-state index in [1.54, 1.807) is 0 Å². The van der Waals surface area contributed by atoms with Crippen molar-refractivity contribution in [2.45, 2.75) is 6.10 Å². The van der Waals surface area contributed by atoms with Crippen molar-refractivity contribution >= 4 is 12.0 Å². The summed E-state index contributed by atoms with van der Waals surface area (Å²) in [5.41, 5.74) is 0.175. The van der Waals surface area contributed by atoms with Gasteiger partial charge in [-0.05, 0) is 12.1 Å². The molecule has 0 radical (unpaired) electrons. The van der Waals surface area contributed by atoms with Crippen molar-refractivity contribution in [1.82, 2.24) is 15.2 Å². The monoisotopic (exact) mass is 281 g/mol. The van der Waals surface area contributed by atoms with Crippen LogP contribution in [-0.4, -0.2) is 64.4 Å². The second-order valence-corrected chi connectivity index (χ2v) is 4.33. The first-order valence-corrected chi connectivity index (χ1v) is 6.09. The highest BCUT2D eigenvalue weighted by atomic mass is 16.5. The molecule has 8 heteroatoms. The first-order valence-electron chi connectivity index (χ1n) is 6.09. The summed E-state index contributed by atoms with van der Waals surface area (Å²) in [5, 5.41) is 20.6. The van der Waals surface area contributed by atoms with Crippen molar-refractivity contribution in [2.24, 2.45) is 0 Å². The lowest BCUT2D eigenvalue weighted by Crippen LogP contribution is -2.49. The SMILES string of the molecule is O=C(NCC1CN(C(=O)O)CCO1)c1ccc(O)cn1. The predicted molar refractivity (Wildman–Crippen MR) is 67.6 cm³/mol. The number of aromatic nitrogens is 1. The number of morpholine rings is 1. The normalized spacial score (nSPS) is 18.6. The Morgan fingerprint density at radius 2 is 2.30 bits per heavy atom. The van der Waals surface area contributed by atoms with Gasteiger partial charge in [0.05, 0.1) is 25.5 Å². The molecule has 1 aliphatic heterocycles. The number of rotatable bonds is 3. The van der Waals surface area contributed by atoms with E-state index < -0.39 is 12.0 Å². The second-order valence-electron chi connectivity index (χ2n) is 4.33. The van der Waals surface area contributed by atoms with Crippen LogP contribution in [0.15, 0.2) is 18.3 Å². The van der Waals surface area contributed by atoms with Crippen LogP contribution in [0.5, 0.6) is 5.75 Å². The van der Waals surface area contributed by atoms with Crippen molar-refractivity contribution < 1.29 is 24.5 Å². The first kappa shape index (κ1) is 14.1. The molecule has 1 fully saturated rings. The lowest BCUT2D eigenvalue weighted by atomic mass is 10.2. The lowest BCUT2D eigenvalue weighted by Gasteiger charge is -2.30. The summed E-state index contributed by atoms with van der Waals surface area (Å²) in [6, 6.07) is 2.77. The Balaban J connectivity index is 1.84. The summed E-state index contributed by atoms with van der Waals surface area (Å²) >= 11 is 0. The zero-order chi connectivity index (χ0) is 14.5. The Kier molecular flexibility index (Phi) is 4.36. The molecule has 20 heavy (non-hydrogen) atoms. The first-order chi connectivity index (χ1) is 9.56. The van der Waals surface area contributed by atoms with Gasteiger partial charge in [-0.1, -0.05) is 0 Å². The van der Waals surface area contributed by atoms with Gasteiger partial charge >= 0.3 is 6.09 Å². The third kappa shape index (κ3) is 3.58. The maximum atomic E-state index is 11.8. The number of carboxylic acid groups (broad SMARTS) is 1. The molecule has 2 amide bonds. The average molecular weight is 281 g/mol. The second kappa shape index (κ2) is 6.20. The number of carbonyl (C=O) groups excluding carboxylic acids is 1. The minimum atomic E-state index is -0.996. The molecular formula is C12H15N3O5. The van der Waals surface area contributed by atoms with Crippen molar-refractivity contribution in [2.75, 3.05) is 26.2 Å². The summed E-state index contributed by atoms with van der Waals surface area (Å²) in [7, 11) is 0. The standard InChI is InChI=1S/C12H15N3O5/c16-8-1-2-10(13-5-8)11(17)14-6-9-7-15(12(18)19)3-4-20-9/h1-2,5,9,16H,3-4,6-7H2,(H,14,17)(H,18,19). The van der Waals surface area contributed by atoms with E-state index in [1.165, 1.54) is 23.2 Å². The molecule has 2 heterocycles. The highest BCUT2D eigenvalue weighted by molar-refractivity contribution is 5.92. The van der Waals surface area contributed by atoms with Crippen LogP contribution in [0, 0.1) is 0 Å². The van der Waals surface area contributed by atoms with Crippen molar-refractivity contribution in [3.63, 3.8) is 0 Å². The predicted octanol–water partition coefficient (Wildman–Crippen LogP) is -0.104. The molecule has 2 rings (SSSR count). The molecular weight excluding hydrogens is 266 g/mol. The van der Waals surface area contributed by atoms with E-state index in [9.17, 15) is 9.59 Å². The maximum Gasteiger partial charge on any atom is 0.407 e. The van der Waals surface area contributed by atoms with Gasteiger partial charge in [-0.15, -0.1) is 0 Å². The quantitative estimate of drug-likeness (QED) is 0.713. The topological polar surface area (TPSA) is 112 Å². The Bertz CT molecular complexity index is 490. The molecule has 8 nitrogen and oxygen atoms in total. The number of pyridine rings is 1. The summed E-state index contributed by atoms with van der Waals surface area (Å²) in [4.78, 5) is 27.6. The van der Waals surface area contributed by atoms with E-state index in [-0.39, 0.29) is 30.6 Å². The molecule has 1 aliphatic rings. The van der Waals surface area contributed by atoms with E-state index >= 15 is 0 Å². The minimum absolute atomic E-state index is 0.0192. The lowest BCUT2D eigenvalue weighted by molar-refractivity contribution is -0.0199. The van der Waals surface area contributed by atoms with Crippen LogP contribution in [0.2, 0.25) is 0 Å². The van der Waals surface area contributed by atoms with Gasteiger partial charge in [-0.2, -0.15) is 0 Å². The summed E-state index contributed by atoms with van der Waals surface area (Å²) in [6.45, 7) is 1.06. The smallest absolute Gasteiger partial charge is 0.407 e. The van der Waals surface area contributed by atoms with Crippen LogP contribution >= 0.6 is 0 Å². The van der Waals surface area contributed by atoms with Crippen LogP contribution in [0.4, 0.5) is 4.79 Å². The van der Waals surface area contributed by atoms with E-state index in [0.29, 0.717) is 13.2 Å². The van der Waals surface area contributed by atoms with Gasteiger partial charge in [0, 0.05) is 13.1 Å². The van der Waals surface area contributed by atoms with Crippen LogP contribution < -0.4 is 5.32 Å². The Morgan fingerprint density at radius 3 is 2.95 bits per heavy atom. The molecule has 1 saturated heterocycles. The largest absolute Gasteiger partial charge is 0.506 e. The Labute approximate surface area is 115 Å². The van der Waals surface area contributed by atoms with E-state index in [1.807, 2.05) is 0 Å². The molecule has 0 aliphatic carbocycles. The van der Waals surface area contributed by atoms with Crippen LogP contribution in [0.25, 0.3) is 0 Å². The van der Waals surface area contributed by atoms with Gasteiger partial charge < -0.3 is 25.2 Å². The molecule has 3 N–H and O–H groups in total. The number of hydrogen-bond donors (Lipinski definition) is 3. The van der Waals surface area contributed by atoms with Crippen molar-refractivity contribution in [1.29, 1.82) is 0 Å². The molecule has 0 spiro atoms. The number of amides is 2. The van der Waals surface area contributed by atoms with Crippen LogP contribution in [0.1, 0.15) is 10.5 Å². The van der Waals surface area contributed by atoms with Crippen LogP contribution in [-0.2, 0) is 4.74 Å². The number of ether oxygens (including phenoxy) is 1. The van der Waals surface area contributed by atoms with Crippen LogP contribution in [0.3, 0.4) is 0 Å². The third-order valence-electron chi connectivity index (χ3n) is 2.88. The number of nitrogens with zero attached hydrogens (tertiary/aromatic N) is 2. The number of nitrogens with one attached hydrogen (secondary N) is 1. The fourth-order valence-electron chi connectivity index (χ4n) is 1.83. The molecule has 108 valence electrons. The van der Waals surface area contributed by atoms with Gasteiger partial charge in [0.2, 0.25) is 0 Å².